The molecule has 1 aromatic rings. The fourth-order valence-corrected chi connectivity index (χ4v) is 4.14. The SMILES string of the molecule is Cc1ccc(C(=O)N2CCC3(CCCN(C)C3)C2)cc1C(F)(F)F. The lowest BCUT2D eigenvalue weighted by molar-refractivity contribution is -0.138. The van der Waals surface area contributed by atoms with E-state index in [-0.39, 0.29) is 22.4 Å². The molecule has 1 aromatic carbocycles. The number of piperidine rings is 1. The third-order valence-electron chi connectivity index (χ3n) is 5.37. The lowest BCUT2D eigenvalue weighted by Gasteiger charge is -2.38. The van der Waals surface area contributed by atoms with Crippen molar-refractivity contribution < 1.29 is 18.0 Å². The van der Waals surface area contributed by atoms with Crippen molar-refractivity contribution in [3.05, 3.63) is 34.9 Å². The number of hydrogen-bond donors (Lipinski definition) is 0. The van der Waals surface area contributed by atoms with Gasteiger partial charge in [0.15, 0.2) is 0 Å². The number of carbonyl (C=O) groups is 1. The van der Waals surface area contributed by atoms with Crippen LogP contribution in [0.15, 0.2) is 18.2 Å². The highest BCUT2D eigenvalue weighted by molar-refractivity contribution is 5.94. The Kier molecular flexibility index (Phi) is 4.36. The number of benzene rings is 1. The molecule has 3 nitrogen and oxygen atoms in total. The van der Waals surface area contributed by atoms with Crippen LogP contribution in [0.5, 0.6) is 0 Å². The second-order valence-electron chi connectivity index (χ2n) is 7.35. The van der Waals surface area contributed by atoms with Gasteiger partial charge in [-0.1, -0.05) is 6.07 Å². The second kappa shape index (κ2) is 6.06. The summed E-state index contributed by atoms with van der Waals surface area (Å²) in [6, 6.07) is 3.89. The van der Waals surface area contributed by atoms with Crippen LogP contribution < -0.4 is 0 Å². The third kappa shape index (κ3) is 3.29. The van der Waals surface area contributed by atoms with Gasteiger partial charge in [-0.25, -0.2) is 0 Å². The number of carbonyl (C=O) groups excluding carboxylic acids is 1. The molecule has 3 rings (SSSR count). The topological polar surface area (TPSA) is 23.6 Å². The zero-order valence-electron chi connectivity index (χ0n) is 14.1. The first-order valence-electron chi connectivity index (χ1n) is 8.36. The molecule has 2 aliphatic rings. The van der Waals surface area contributed by atoms with Crippen LogP contribution >= 0.6 is 0 Å². The Bertz CT molecular complexity index is 644. The lowest BCUT2D eigenvalue weighted by Crippen LogP contribution is -2.43. The normalized spacial score (nSPS) is 25.5. The minimum atomic E-state index is -4.43. The number of likely N-dealkylation sites (tertiary alicyclic amines) is 2. The Morgan fingerprint density at radius 1 is 1.17 bits per heavy atom. The standard InChI is InChI=1S/C18H23F3N2O/c1-13-4-5-14(10-15(13)18(19,20)21)16(24)23-9-7-17(12-23)6-3-8-22(2)11-17/h4-5,10H,3,6-9,11-12H2,1-2H3. The number of amides is 1. The Balaban J connectivity index is 1.78. The average Bonchev–Trinajstić information content (AvgIpc) is 2.89. The lowest BCUT2D eigenvalue weighted by atomic mass is 9.79. The molecule has 1 atom stereocenters. The molecule has 2 saturated heterocycles. The van der Waals surface area contributed by atoms with E-state index in [0.717, 1.165) is 38.4 Å². The molecule has 0 saturated carbocycles. The van der Waals surface area contributed by atoms with Crippen LogP contribution in [0.1, 0.15) is 40.7 Å². The summed E-state index contributed by atoms with van der Waals surface area (Å²) < 4.78 is 39.2. The van der Waals surface area contributed by atoms with Crippen LogP contribution in [0.2, 0.25) is 0 Å². The molecule has 2 fully saturated rings. The minimum absolute atomic E-state index is 0.111. The first-order chi connectivity index (χ1) is 11.2. The molecule has 2 heterocycles. The smallest absolute Gasteiger partial charge is 0.338 e. The van der Waals surface area contributed by atoms with E-state index in [9.17, 15) is 18.0 Å². The number of halogens is 3. The first kappa shape index (κ1) is 17.3. The molecule has 0 bridgehead atoms. The van der Waals surface area contributed by atoms with Gasteiger partial charge in [-0.3, -0.25) is 4.79 Å². The molecular weight excluding hydrogens is 317 g/mol. The van der Waals surface area contributed by atoms with Gasteiger partial charge >= 0.3 is 6.18 Å². The third-order valence-corrected chi connectivity index (χ3v) is 5.37. The second-order valence-corrected chi connectivity index (χ2v) is 7.35. The predicted molar refractivity (Wildman–Crippen MR) is 85.9 cm³/mol. The summed E-state index contributed by atoms with van der Waals surface area (Å²) in [5.41, 5.74) is -0.333. The molecule has 0 N–H and O–H groups in total. The van der Waals surface area contributed by atoms with Crippen molar-refractivity contribution in [2.24, 2.45) is 5.41 Å². The Morgan fingerprint density at radius 3 is 2.58 bits per heavy atom. The van der Waals surface area contributed by atoms with Gasteiger partial charge in [-0.05, 0) is 57.5 Å². The Morgan fingerprint density at radius 2 is 1.92 bits per heavy atom. The number of hydrogen-bond acceptors (Lipinski definition) is 2. The maximum absolute atomic E-state index is 13.1. The molecule has 1 amide bonds. The summed E-state index contributed by atoms with van der Waals surface area (Å²) in [7, 11) is 2.08. The first-order valence-corrected chi connectivity index (χ1v) is 8.36. The molecule has 2 aliphatic heterocycles. The summed E-state index contributed by atoms with van der Waals surface area (Å²) in [4.78, 5) is 16.7. The average molecular weight is 340 g/mol. The van der Waals surface area contributed by atoms with Crippen LogP contribution in [0.4, 0.5) is 13.2 Å². The minimum Gasteiger partial charge on any atom is -0.338 e. The van der Waals surface area contributed by atoms with Crippen LogP contribution in [-0.2, 0) is 6.18 Å². The molecule has 1 unspecified atom stereocenters. The van der Waals surface area contributed by atoms with E-state index >= 15 is 0 Å². The van der Waals surface area contributed by atoms with Gasteiger partial charge in [0.25, 0.3) is 5.91 Å². The van der Waals surface area contributed by atoms with Gasteiger partial charge in [-0.2, -0.15) is 13.2 Å². The summed E-state index contributed by atoms with van der Waals surface area (Å²) in [5, 5.41) is 0. The molecular formula is C18H23F3N2O. The van der Waals surface area contributed by atoms with Crippen LogP contribution in [-0.4, -0.2) is 48.9 Å². The van der Waals surface area contributed by atoms with Crippen molar-refractivity contribution in [3.8, 4) is 0 Å². The van der Waals surface area contributed by atoms with Crippen molar-refractivity contribution >= 4 is 5.91 Å². The van der Waals surface area contributed by atoms with Crippen molar-refractivity contribution in [2.45, 2.75) is 32.4 Å². The zero-order valence-corrected chi connectivity index (χ0v) is 14.1. The van der Waals surface area contributed by atoms with Gasteiger partial charge in [-0.15, -0.1) is 0 Å². The molecule has 1 spiro atoms. The highest BCUT2D eigenvalue weighted by Gasteiger charge is 2.42. The molecule has 0 radical (unpaired) electrons. The monoisotopic (exact) mass is 340 g/mol. The number of nitrogens with zero attached hydrogens (tertiary/aromatic N) is 2. The fraction of sp³-hybridized carbons (Fsp3) is 0.611. The van der Waals surface area contributed by atoms with Crippen molar-refractivity contribution in [1.82, 2.24) is 9.80 Å². The predicted octanol–water partition coefficient (Wildman–Crippen LogP) is 3.57. The summed E-state index contributed by atoms with van der Waals surface area (Å²) >= 11 is 0. The fourth-order valence-electron chi connectivity index (χ4n) is 4.14. The van der Waals surface area contributed by atoms with Crippen LogP contribution in [0.3, 0.4) is 0 Å². The molecule has 0 aromatic heterocycles. The van der Waals surface area contributed by atoms with E-state index in [2.05, 4.69) is 11.9 Å². The maximum Gasteiger partial charge on any atom is 0.416 e. The summed E-state index contributed by atoms with van der Waals surface area (Å²) in [6.45, 7) is 4.72. The van der Waals surface area contributed by atoms with Crippen molar-refractivity contribution in [2.75, 3.05) is 33.2 Å². The van der Waals surface area contributed by atoms with Crippen molar-refractivity contribution in [3.63, 3.8) is 0 Å². The van der Waals surface area contributed by atoms with Gasteiger partial charge in [0, 0.05) is 30.6 Å². The highest BCUT2D eigenvalue weighted by atomic mass is 19.4. The molecule has 24 heavy (non-hydrogen) atoms. The zero-order chi connectivity index (χ0) is 17.5. The van der Waals surface area contributed by atoms with E-state index < -0.39 is 11.7 Å². The highest BCUT2D eigenvalue weighted by Crippen LogP contribution is 2.39. The van der Waals surface area contributed by atoms with Gasteiger partial charge in [0.05, 0.1) is 5.56 Å². The summed E-state index contributed by atoms with van der Waals surface area (Å²) in [5.74, 6) is -0.286. The van der Waals surface area contributed by atoms with E-state index in [1.54, 1.807) is 4.90 Å². The van der Waals surface area contributed by atoms with Gasteiger partial charge in [0.1, 0.15) is 0 Å². The van der Waals surface area contributed by atoms with E-state index in [4.69, 9.17) is 0 Å². The van der Waals surface area contributed by atoms with Crippen molar-refractivity contribution in [1.29, 1.82) is 0 Å². The molecule has 132 valence electrons. The van der Waals surface area contributed by atoms with E-state index in [1.807, 2.05) is 0 Å². The van der Waals surface area contributed by atoms with Crippen LogP contribution in [0.25, 0.3) is 0 Å². The van der Waals surface area contributed by atoms with E-state index in [0.29, 0.717) is 13.1 Å². The largest absolute Gasteiger partial charge is 0.416 e. The summed E-state index contributed by atoms with van der Waals surface area (Å²) in [6.07, 6.45) is -1.30. The van der Waals surface area contributed by atoms with Gasteiger partial charge < -0.3 is 9.80 Å². The van der Waals surface area contributed by atoms with E-state index in [1.165, 1.54) is 19.1 Å². The molecule has 6 heteroatoms. The Labute approximate surface area is 140 Å². The number of alkyl halides is 3. The maximum atomic E-state index is 13.1. The number of rotatable bonds is 1. The molecule has 0 aliphatic carbocycles. The number of aryl methyl sites for hydroxylation is 1. The van der Waals surface area contributed by atoms with Crippen LogP contribution in [0, 0.1) is 12.3 Å². The van der Waals surface area contributed by atoms with Gasteiger partial charge in [0.2, 0.25) is 0 Å². The quantitative estimate of drug-likeness (QED) is 0.780. The Hall–Kier alpha value is -1.56.